The van der Waals surface area contributed by atoms with E-state index in [-0.39, 0.29) is 11.6 Å². The number of carbonyl (C=O) groups is 1. The van der Waals surface area contributed by atoms with Crippen LogP contribution in [-0.4, -0.2) is 24.0 Å². The first-order chi connectivity index (χ1) is 11.5. The minimum absolute atomic E-state index is 0.291. The lowest BCUT2D eigenvalue weighted by Gasteiger charge is -2.08. The number of hydrogen-bond donors (Lipinski definition) is 1. The number of ether oxygens (including phenoxy) is 1. The monoisotopic (exact) mass is 336 g/mol. The summed E-state index contributed by atoms with van der Waals surface area (Å²) in [5.41, 5.74) is 0.425. The molecule has 0 aliphatic rings. The summed E-state index contributed by atoms with van der Waals surface area (Å²) in [6.07, 6.45) is 0.492. The standard InChI is InChI=1S/C16H14F2N2O4/c17-12-3-1-11(2-4-12)7-8-19-16(21)10-24-15-9-13(18)5-6-14(15)20(22)23/h1-6,9H,7-8,10H2,(H,19,21). The molecule has 0 atom stereocenters. The number of amides is 1. The van der Waals surface area contributed by atoms with Gasteiger partial charge >= 0.3 is 5.69 Å². The Hall–Kier alpha value is -3.03. The summed E-state index contributed by atoms with van der Waals surface area (Å²) in [7, 11) is 0. The van der Waals surface area contributed by atoms with Crippen molar-refractivity contribution in [1.29, 1.82) is 0 Å². The predicted octanol–water partition coefficient (Wildman–Crippen LogP) is 2.61. The van der Waals surface area contributed by atoms with Crippen molar-refractivity contribution >= 4 is 11.6 Å². The van der Waals surface area contributed by atoms with Crippen LogP contribution in [0.2, 0.25) is 0 Å². The predicted molar refractivity (Wildman–Crippen MR) is 81.7 cm³/mol. The molecule has 1 amide bonds. The van der Waals surface area contributed by atoms with Gasteiger partial charge in [0.05, 0.1) is 4.92 Å². The molecule has 2 aromatic rings. The molecule has 126 valence electrons. The molecular weight excluding hydrogens is 322 g/mol. The van der Waals surface area contributed by atoms with E-state index < -0.39 is 28.9 Å². The number of benzene rings is 2. The zero-order valence-corrected chi connectivity index (χ0v) is 12.5. The van der Waals surface area contributed by atoms with Crippen LogP contribution >= 0.6 is 0 Å². The normalized spacial score (nSPS) is 10.2. The fourth-order valence-corrected chi connectivity index (χ4v) is 1.95. The van der Waals surface area contributed by atoms with Gasteiger partial charge in [-0.05, 0) is 30.2 Å². The molecule has 0 aliphatic carbocycles. The Morgan fingerprint density at radius 3 is 2.46 bits per heavy atom. The molecule has 0 heterocycles. The van der Waals surface area contributed by atoms with Crippen molar-refractivity contribution in [2.75, 3.05) is 13.2 Å². The molecule has 2 aromatic carbocycles. The molecule has 8 heteroatoms. The minimum Gasteiger partial charge on any atom is -0.477 e. The highest BCUT2D eigenvalue weighted by atomic mass is 19.1. The molecule has 0 aliphatic heterocycles. The summed E-state index contributed by atoms with van der Waals surface area (Å²) in [5.74, 6) is -1.86. The van der Waals surface area contributed by atoms with Gasteiger partial charge in [-0.3, -0.25) is 14.9 Å². The molecule has 1 N–H and O–H groups in total. The SMILES string of the molecule is O=C(COc1cc(F)ccc1[N+](=O)[O-])NCCc1ccc(F)cc1. The highest BCUT2D eigenvalue weighted by molar-refractivity contribution is 5.77. The molecule has 0 radical (unpaired) electrons. The van der Waals surface area contributed by atoms with Crippen LogP contribution in [0, 0.1) is 21.7 Å². The fourth-order valence-electron chi connectivity index (χ4n) is 1.95. The van der Waals surface area contributed by atoms with Crippen LogP contribution in [-0.2, 0) is 11.2 Å². The van der Waals surface area contributed by atoms with Crippen molar-refractivity contribution in [3.63, 3.8) is 0 Å². The molecular formula is C16H14F2N2O4. The summed E-state index contributed by atoms with van der Waals surface area (Å²) >= 11 is 0. The second-order valence-electron chi connectivity index (χ2n) is 4.88. The molecule has 0 saturated carbocycles. The number of halogens is 2. The molecule has 6 nitrogen and oxygen atoms in total. The largest absolute Gasteiger partial charge is 0.477 e. The van der Waals surface area contributed by atoms with E-state index >= 15 is 0 Å². The van der Waals surface area contributed by atoms with Gasteiger partial charge in [0, 0.05) is 18.7 Å². The summed E-state index contributed by atoms with van der Waals surface area (Å²) in [5, 5.41) is 13.4. The van der Waals surface area contributed by atoms with Gasteiger partial charge in [-0.25, -0.2) is 8.78 Å². The van der Waals surface area contributed by atoms with Gasteiger partial charge < -0.3 is 10.1 Å². The maximum Gasteiger partial charge on any atom is 0.311 e. The van der Waals surface area contributed by atoms with Gasteiger partial charge in [0.15, 0.2) is 6.61 Å². The Labute approximate surface area is 136 Å². The van der Waals surface area contributed by atoms with E-state index in [0.29, 0.717) is 13.0 Å². The average molecular weight is 336 g/mol. The molecule has 0 unspecified atom stereocenters. The van der Waals surface area contributed by atoms with Crippen molar-refractivity contribution in [3.8, 4) is 5.75 Å². The molecule has 0 spiro atoms. The molecule has 0 aromatic heterocycles. The maximum absolute atomic E-state index is 13.1. The van der Waals surface area contributed by atoms with Crippen LogP contribution in [0.3, 0.4) is 0 Å². The number of rotatable bonds is 7. The molecule has 0 saturated heterocycles. The van der Waals surface area contributed by atoms with E-state index in [2.05, 4.69) is 5.32 Å². The number of nitrogens with one attached hydrogen (secondary N) is 1. The molecule has 0 fully saturated rings. The maximum atomic E-state index is 13.1. The fraction of sp³-hybridized carbons (Fsp3) is 0.188. The Morgan fingerprint density at radius 2 is 1.79 bits per heavy atom. The van der Waals surface area contributed by atoms with Gasteiger partial charge in [0.25, 0.3) is 5.91 Å². The van der Waals surface area contributed by atoms with Crippen molar-refractivity contribution in [3.05, 3.63) is 69.8 Å². The van der Waals surface area contributed by atoms with Gasteiger partial charge in [-0.1, -0.05) is 12.1 Å². The van der Waals surface area contributed by atoms with Crippen LogP contribution in [0.1, 0.15) is 5.56 Å². The van der Waals surface area contributed by atoms with Gasteiger partial charge in [-0.15, -0.1) is 0 Å². The zero-order chi connectivity index (χ0) is 17.5. The third kappa shape index (κ3) is 5.01. The molecule has 24 heavy (non-hydrogen) atoms. The zero-order valence-electron chi connectivity index (χ0n) is 12.5. The quantitative estimate of drug-likeness (QED) is 0.622. The number of nitrogens with zero attached hydrogens (tertiary/aromatic N) is 1. The minimum atomic E-state index is -0.721. The van der Waals surface area contributed by atoms with E-state index in [1.807, 2.05) is 0 Å². The molecule has 2 rings (SSSR count). The third-order valence-electron chi connectivity index (χ3n) is 3.13. The lowest BCUT2D eigenvalue weighted by molar-refractivity contribution is -0.385. The van der Waals surface area contributed by atoms with E-state index in [1.54, 1.807) is 12.1 Å². The number of nitro groups is 1. The first-order valence-corrected chi connectivity index (χ1v) is 7.03. The summed E-state index contributed by atoms with van der Waals surface area (Å²) in [4.78, 5) is 21.8. The van der Waals surface area contributed by atoms with Crippen molar-refractivity contribution in [2.24, 2.45) is 0 Å². The Kier molecular flexibility index (Phi) is 5.78. The Bertz CT molecular complexity index is 735. The third-order valence-corrected chi connectivity index (χ3v) is 3.13. The van der Waals surface area contributed by atoms with E-state index in [9.17, 15) is 23.7 Å². The van der Waals surface area contributed by atoms with Crippen molar-refractivity contribution < 1.29 is 23.2 Å². The van der Waals surface area contributed by atoms with Crippen LogP contribution in [0.5, 0.6) is 5.75 Å². The van der Waals surface area contributed by atoms with E-state index in [0.717, 1.165) is 23.8 Å². The number of nitro benzene ring substituents is 1. The number of hydrogen-bond acceptors (Lipinski definition) is 4. The Balaban J connectivity index is 1.82. The smallest absolute Gasteiger partial charge is 0.311 e. The van der Waals surface area contributed by atoms with Crippen molar-refractivity contribution in [2.45, 2.75) is 6.42 Å². The van der Waals surface area contributed by atoms with E-state index in [4.69, 9.17) is 4.74 Å². The topological polar surface area (TPSA) is 81.5 Å². The second kappa shape index (κ2) is 8.00. The highest BCUT2D eigenvalue weighted by Gasteiger charge is 2.16. The lowest BCUT2D eigenvalue weighted by atomic mass is 10.1. The van der Waals surface area contributed by atoms with Crippen LogP contribution < -0.4 is 10.1 Å². The van der Waals surface area contributed by atoms with Gasteiger partial charge in [0.1, 0.15) is 11.6 Å². The summed E-state index contributed by atoms with van der Waals surface area (Å²) < 4.78 is 30.9. The highest BCUT2D eigenvalue weighted by Crippen LogP contribution is 2.27. The van der Waals surface area contributed by atoms with Gasteiger partial charge in [-0.2, -0.15) is 0 Å². The number of carbonyl (C=O) groups excluding carboxylic acids is 1. The Morgan fingerprint density at radius 1 is 1.12 bits per heavy atom. The molecule has 0 bridgehead atoms. The van der Waals surface area contributed by atoms with Gasteiger partial charge in [0.2, 0.25) is 5.75 Å². The first kappa shape index (κ1) is 17.3. The second-order valence-corrected chi connectivity index (χ2v) is 4.88. The first-order valence-electron chi connectivity index (χ1n) is 7.03. The van der Waals surface area contributed by atoms with Crippen LogP contribution in [0.4, 0.5) is 14.5 Å². The van der Waals surface area contributed by atoms with Crippen LogP contribution in [0.25, 0.3) is 0 Å². The van der Waals surface area contributed by atoms with Crippen LogP contribution in [0.15, 0.2) is 42.5 Å². The summed E-state index contributed by atoms with van der Waals surface area (Å²) in [6, 6.07) is 8.61. The van der Waals surface area contributed by atoms with E-state index in [1.165, 1.54) is 12.1 Å². The average Bonchev–Trinajstić information content (AvgIpc) is 2.54. The van der Waals surface area contributed by atoms with Crippen molar-refractivity contribution in [1.82, 2.24) is 5.32 Å². The lowest BCUT2D eigenvalue weighted by Crippen LogP contribution is -2.30. The summed E-state index contributed by atoms with van der Waals surface area (Å²) in [6.45, 7) is -0.188.